The summed E-state index contributed by atoms with van der Waals surface area (Å²) in [5, 5.41) is 12.0. The van der Waals surface area contributed by atoms with Gasteiger partial charge in [0.1, 0.15) is 46.7 Å². The quantitative estimate of drug-likeness (QED) is 0.109. The monoisotopic (exact) mass is 762 g/mol. The van der Waals surface area contributed by atoms with E-state index in [1.54, 1.807) is 0 Å². The van der Waals surface area contributed by atoms with Crippen LogP contribution in [0.4, 0.5) is 30.7 Å². The molecule has 7 rings (SSSR count). The highest BCUT2D eigenvalue weighted by Crippen LogP contribution is 2.68. The van der Waals surface area contributed by atoms with Crippen LogP contribution in [0.25, 0.3) is 22.2 Å². The molecule has 0 bridgehead atoms. The Bertz CT molecular complexity index is 2390. The lowest BCUT2D eigenvalue weighted by Gasteiger charge is -2.23. The van der Waals surface area contributed by atoms with Crippen molar-refractivity contribution in [1.82, 2.24) is 30.3 Å². The van der Waals surface area contributed by atoms with Crippen LogP contribution in [0.1, 0.15) is 77.2 Å². The number of benzene rings is 2. The van der Waals surface area contributed by atoms with Crippen LogP contribution in [0.3, 0.4) is 0 Å². The number of carbonyl (C=O) groups excluding carboxylic acids is 2. The Labute approximate surface area is 296 Å². The van der Waals surface area contributed by atoms with Gasteiger partial charge in [0, 0.05) is 23.1 Å². The molecule has 10 nitrogen and oxygen atoms in total. The third kappa shape index (κ3) is 6.68. The van der Waals surface area contributed by atoms with Gasteiger partial charge in [-0.1, -0.05) is 6.07 Å². The number of nitrogens with one attached hydrogen (secondary N) is 2. The molecule has 278 valence electrons. The van der Waals surface area contributed by atoms with Crippen molar-refractivity contribution in [1.29, 1.82) is 0 Å². The molecular weight excluding hydrogens is 733 g/mol. The number of aromatic nitrogens is 5. The highest BCUT2D eigenvalue weighted by atomic mass is 32.2. The topological polar surface area (TPSA) is 140 Å². The molecule has 2 aliphatic carbocycles. The highest BCUT2D eigenvalue weighted by molar-refractivity contribution is 7.92. The van der Waals surface area contributed by atoms with Crippen molar-refractivity contribution in [3.8, 4) is 11.1 Å². The van der Waals surface area contributed by atoms with E-state index in [1.807, 2.05) is 0 Å². The summed E-state index contributed by atoms with van der Waals surface area (Å²) in [5.41, 5.74) is -1.60. The summed E-state index contributed by atoms with van der Waals surface area (Å²) in [7, 11) is -3.93. The average molecular weight is 763 g/mol. The van der Waals surface area contributed by atoms with Crippen LogP contribution in [0.15, 0.2) is 48.7 Å². The summed E-state index contributed by atoms with van der Waals surface area (Å²) in [5.74, 6) is -11.4. The van der Waals surface area contributed by atoms with Crippen molar-refractivity contribution < 1.29 is 48.7 Å². The number of fused-ring (bicyclic) bond motifs is 4. The molecule has 5 aromatic rings. The second-order valence-electron chi connectivity index (χ2n) is 13.5. The zero-order chi connectivity index (χ0) is 38.1. The number of ketones is 1. The largest absolute Gasteiger partial charge is 0.346 e. The Hall–Kier alpha value is -5.13. The smallest absolute Gasteiger partial charge is 0.293 e. The molecule has 1 fully saturated rings. The number of nitrogens with zero attached hydrogens (tertiary/aromatic N) is 4. The summed E-state index contributed by atoms with van der Waals surface area (Å²) in [6.45, 7) is 1.81. The van der Waals surface area contributed by atoms with Crippen molar-refractivity contribution in [2.24, 2.45) is 5.92 Å². The lowest BCUT2D eigenvalue weighted by Crippen LogP contribution is -2.35. The number of H-pyrrole nitrogens is 1. The zero-order valence-electron chi connectivity index (χ0n) is 27.8. The van der Waals surface area contributed by atoms with Crippen molar-refractivity contribution in [3.63, 3.8) is 0 Å². The van der Waals surface area contributed by atoms with Crippen molar-refractivity contribution in [2.75, 3.05) is 5.75 Å². The Morgan fingerprint density at radius 2 is 1.75 bits per heavy atom. The summed E-state index contributed by atoms with van der Waals surface area (Å²) in [4.78, 5) is 31.4. The van der Waals surface area contributed by atoms with E-state index in [4.69, 9.17) is 0 Å². The van der Waals surface area contributed by atoms with E-state index in [-0.39, 0.29) is 46.3 Å². The van der Waals surface area contributed by atoms with Gasteiger partial charge in [-0.05, 0) is 74.1 Å². The van der Waals surface area contributed by atoms with E-state index in [2.05, 4.69) is 25.6 Å². The maximum atomic E-state index is 15.2. The number of hydrogen-bond donors (Lipinski definition) is 2. The van der Waals surface area contributed by atoms with E-state index in [9.17, 15) is 35.6 Å². The molecule has 2 N–H and O–H groups in total. The minimum Gasteiger partial charge on any atom is -0.346 e. The number of halogens is 7. The molecule has 1 amide bonds. The van der Waals surface area contributed by atoms with Crippen LogP contribution < -0.4 is 5.32 Å². The molecule has 0 saturated heterocycles. The molecule has 53 heavy (non-hydrogen) atoms. The molecule has 3 aromatic heterocycles. The Balaban J connectivity index is 1.31. The predicted molar refractivity (Wildman–Crippen MR) is 175 cm³/mol. The molecule has 0 radical (unpaired) electrons. The van der Waals surface area contributed by atoms with Crippen LogP contribution in [-0.4, -0.2) is 56.1 Å². The first-order valence-electron chi connectivity index (χ1n) is 16.3. The van der Waals surface area contributed by atoms with Crippen molar-refractivity contribution in [3.05, 3.63) is 99.9 Å². The molecule has 0 aliphatic heterocycles. The molecule has 0 spiro atoms. The Morgan fingerprint density at radius 3 is 2.43 bits per heavy atom. The summed E-state index contributed by atoms with van der Waals surface area (Å²) < 4.78 is 128. The second kappa shape index (κ2) is 13.1. The minimum atomic E-state index is -3.93. The average Bonchev–Trinajstić information content (AvgIpc) is 3.48. The molecule has 18 heteroatoms. The number of pyridine rings is 1. The van der Waals surface area contributed by atoms with Gasteiger partial charge >= 0.3 is 0 Å². The normalized spacial score (nSPS) is 18.0. The van der Waals surface area contributed by atoms with Gasteiger partial charge in [0.25, 0.3) is 12.3 Å². The molecule has 2 aliphatic rings. The number of carbonyl (C=O) groups is 2. The van der Waals surface area contributed by atoms with E-state index >= 15 is 13.2 Å². The summed E-state index contributed by atoms with van der Waals surface area (Å²) >= 11 is 0. The number of aromatic amines is 1. The van der Waals surface area contributed by atoms with Gasteiger partial charge < -0.3 is 5.32 Å². The van der Waals surface area contributed by atoms with E-state index < -0.39 is 104 Å². The van der Waals surface area contributed by atoms with Gasteiger partial charge in [-0.3, -0.25) is 19.4 Å². The SMILES string of the molecule is CC(C)S(=O)(=O)CC(=O)c1cc(-c2cc3[nH]ncc3nc2[C@H](Cc2cc(F)cc(F)c2)NC(=O)Cn2nc(C(F)F)c3c2C(F)(F)[C@@H]2C[C@H]32)ccc1F. The number of alkyl halides is 4. The fourth-order valence-electron chi connectivity index (χ4n) is 6.86. The van der Waals surface area contributed by atoms with Crippen molar-refractivity contribution >= 4 is 32.6 Å². The molecule has 2 aromatic carbocycles. The van der Waals surface area contributed by atoms with Gasteiger partial charge in [0.15, 0.2) is 15.6 Å². The van der Waals surface area contributed by atoms with Crippen LogP contribution in [0, 0.1) is 23.4 Å². The van der Waals surface area contributed by atoms with E-state index in [0.717, 1.165) is 24.3 Å². The molecule has 3 heterocycles. The third-order valence-electron chi connectivity index (χ3n) is 9.57. The summed E-state index contributed by atoms with van der Waals surface area (Å²) in [6, 6.07) is 6.07. The number of Topliss-reactive ketones (excluding diaryl/α,β-unsaturated/α-hetero) is 1. The van der Waals surface area contributed by atoms with Gasteiger partial charge in [0.2, 0.25) is 5.91 Å². The molecule has 1 saturated carbocycles. The van der Waals surface area contributed by atoms with Gasteiger partial charge in [0.05, 0.1) is 34.3 Å². The first kappa shape index (κ1) is 36.2. The van der Waals surface area contributed by atoms with Crippen molar-refractivity contribution in [2.45, 2.75) is 62.8 Å². The number of rotatable bonds is 12. The first-order chi connectivity index (χ1) is 24.9. The zero-order valence-corrected chi connectivity index (χ0v) is 28.6. The third-order valence-corrected chi connectivity index (χ3v) is 11.7. The number of amides is 1. The number of sulfone groups is 1. The van der Waals surface area contributed by atoms with E-state index in [1.165, 1.54) is 32.2 Å². The van der Waals surface area contributed by atoms with Crippen LogP contribution in [0.2, 0.25) is 0 Å². The standard InChI is InChI=1S/C35H29F7N6O4S/c1-15(2)53(51,52)14-28(49)22-8-17(3-4-24(22)38)20-11-25-27(12-43-46-25)45-31(20)26(7-16-5-18(36)9-19(37)6-16)44-29(50)13-48-33-30(32(47-48)34(39)40)21-10-23(21)35(33,41)42/h3-6,8-9,11-12,15,21,23,26,34H,7,10,13-14H2,1-2H3,(H,43,46)(H,44,50)/t21-,23+,26-/m0/s1. The minimum absolute atomic E-state index is 0.0118. The lowest BCUT2D eigenvalue weighted by molar-refractivity contribution is -0.123. The van der Waals surface area contributed by atoms with Crippen LogP contribution in [-0.2, 0) is 33.5 Å². The first-order valence-corrected chi connectivity index (χ1v) is 18.1. The van der Waals surface area contributed by atoms with Crippen LogP contribution in [0.5, 0.6) is 0 Å². The molecule has 3 atom stereocenters. The van der Waals surface area contributed by atoms with Gasteiger partial charge in [-0.25, -0.2) is 35.4 Å². The number of hydrogen-bond acceptors (Lipinski definition) is 7. The Kier molecular flexibility index (Phi) is 8.94. The summed E-state index contributed by atoms with van der Waals surface area (Å²) in [6.07, 6.45) is -2.20. The molecule has 0 unspecified atom stereocenters. The predicted octanol–water partition coefficient (Wildman–Crippen LogP) is 6.49. The fraction of sp³-hybridized carbons (Fsp3) is 0.343. The lowest BCUT2D eigenvalue weighted by atomic mass is 9.93. The second-order valence-corrected chi connectivity index (χ2v) is 16.0. The highest BCUT2D eigenvalue weighted by Gasteiger charge is 2.67. The van der Waals surface area contributed by atoms with Crippen LogP contribution >= 0.6 is 0 Å². The maximum absolute atomic E-state index is 15.2. The van der Waals surface area contributed by atoms with Gasteiger partial charge in [-0.15, -0.1) is 0 Å². The molecular formula is C35H29F7N6O4S. The van der Waals surface area contributed by atoms with Gasteiger partial charge in [-0.2, -0.15) is 19.0 Å². The van der Waals surface area contributed by atoms with E-state index in [0.29, 0.717) is 16.3 Å². The Morgan fingerprint density at radius 1 is 1.04 bits per heavy atom. The fourth-order valence-corrected chi connectivity index (χ4v) is 7.71. The maximum Gasteiger partial charge on any atom is 0.293 e.